The number of ether oxygens (including phenoxy) is 2. The largest absolute Gasteiger partial charge is 0.496 e. The van der Waals surface area contributed by atoms with Crippen LogP contribution in [0.1, 0.15) is 54.4 Å². The lowest BCUT2D eigenvalue weighted by Gasteiger charge is -2.33. The first-order chi connectivity index (χ1) is 14.9. The molecule has 0 unspecified atom stereocenters. The van der Waals surface area contributed by atoms with Crippen molar-refractivity contribution in [2.24, 2.45) is 11.7 Å². The van der Waals surface area contributed by atoms with Gasteiger partial charge < -0.3 is 20.5 Å². The molecule has 1 amide bonds. The molecule has 1 atom stereocenters. The van der Waals surface area contributed by atoms with Crippen LogP contribution in [0.2, 0.25) is 0 Å². The Hall–Kier alpha value is -3.53. The Morgan fingerprint density at radius 3 is 2.74 bits per heavy atom. The SMILES string of the molecule is COc1cc(C#N)ccc1[C@H]1C(C(N)=O)=C(C)Nc2c(C)cnc(OCC3CCC3)c21. The van der Waals surface area contributed by atoms with Crippen molar-refractivity contribution in [2.75, 3.05) is 19.0 Å². The van der Waals surface area contributed by atoms with Gasteiger partial charge in [0.2, 0.25) is 11.8 Å². The molecule has 31 heavy (non-hydrogen) atoms. The third-order valence-corrected chi connectivity index (χ3v) is 6.18. The van der Waals surface area contributed by atoms with E-state index in [0.717, 1.165) is 35.2 Å². The van der Waals surface area contributed by atoms with Gasteiger partial charge in [0.15, 0.2) is 0 Å². The van der Waals surface area contributed by atoms with E-state index in [0.29, 0.717) is 41.0 Å². The molecule has 7 heteroatoms. The van der Waals surface area contributed by atoms with Gasteiger partial charge in [0, 0.05) is 23.0 Å². The summed E-state index contributed by atoms with van der Waals surface area (Å²) in [5.41, 5.74) is 10.7. The summed E-state index contributed by atoms with van der Waals surface area (Å²) in [6.07, 6.45) is 5.32. The molecule has 7 nitrogen and oxygen atoms in total. The van der Waals surface area contributed by atoms with Crippen molar-refractivity contribution in [2.45, 2.75) is 39.0 Å². The molecule has 1 fully saturated rings. The molecule has 0 radical (unpaired) electrons. The molecule has 0 spiro atoms. The van der Waals surface area contributed by atoms with Crippen molar-refractivity contribution >= 4 is 11.6 Å². The first-order valence-corrected chi connectivity index (χ1v) is 10.4. The molecule has 1 aliphatic carbocycles. The summed E-state index contributed by atoms with van der Waals surface area (Å²) in [5, 5.41) is 12.6. The number of allylic oxidation sites excluding steroid dienone is 1. The Morgan fingerprint density at radius 1 is 1.35 bits per heavy atom. The zero-order chi connectivity index (χ0) is 22.1. The number of hydrogen-bond acceptors (Lipinski definition) is 6. The topological polar surface area (TPSA) is 110 Å². The van der Waals surface area contributed by atoms with Gasteiger partial charge in [-0.05, 0) is 50.3 Å². The minimum absolute atomic E-state index is 0.427. The fourth-order valence-electron chi connectivity index (χ4n) is 4.29. The third-order valence-electron chi connectivity index (χ3n) is 6.18. The van der Waals surface area contributed by atoms with E-state index in [4.69, 9.17) is 15.2 Å². The summed E-state index contributed by atoms with van der Waals surface area (Å²) in [6.45, 7) is 4.39. The normalized spacial score (nSPS) is 17.8. The number of nitriles is 1. The van der Waals surface area contributed by atoms with Crippen molar-refractivity contribution in [3.8, 4) is 17.7 Å². The number of pyridine rings is 1. The van der Waals surface area contributed by atoms with Crippen LogP contribution in [0, 0.1) is 24.2 Å². The van der Waals surface area contributed by atoms with Crippen LogP contribution in [-0.2, 0) is 4.79 Å². The molecular formula is C24H26N4O3. The lowest BCUT2D eigenvalue weighted by atomic mass is 9.79. The molecule has 1 aromatic heterocycles. The summed E-state index contributed by atoms with van der Waals surface area (Å²) in [5.74, 6) is 0.474. The predicted molar refractivity (Wildman–Crippen MR) is 117 cm³/mol. The van der Waals surface area contributed by atoms with Crippen LogP contribution in [0.4, 0.5) is 5.69 Å². The van der Waals surface area contributed by atoms with Gasteiger partial charge in [-0.2, -0.15) is 5.26 Å². The van der Waals surface area contributed by atoms with Gasteiger partial charge in [0.05, 0.1) is 42.5 Å². The Kier molecular flexibility index (Phi) is 5.55. The second-order valence-electron chi connectivity index (χ2n) is 8.17. The highest BCUT2D eigenvalue weighted by atomic mass is 16.5. The van der Waals surface area contributed by atoms with Crippen LogP contribution in [0.5, 0.6) is 11.6 Å². The van der Waals surface area contributed by atoms with Gasteiger partial charge in [-0.15, -0.1) is 0 Å². The molecule has 0 bridgehead atoms. The summed E-state index contributed by atoms with van der Waals surface area (Å²) < 4.78 is 11.8. The minimum Gasteiger partial charge on any atom is -0.496 e. The number of carbonyl (C=O) groups excluding carboxylic acids is 1. The number of hydrogen-bond donors (Lipinski definition) is 2. The number of methoxy groups -OCH3 is 1. The van der Waals surface area contributed by atoms with E-state index in [1.54, 1.807) is 25.4 Å². The highest BCUT2D eigenvalue weighted by Gasteiger charge is 2.37. The van der Waals surface area contributed by atoms with Crippen LogP contribution < -0.4 is 20.5 Å². The summed E-state index contributed by atoms with van der Waals surface area (Å²) >= 11 is 0. The summed E-state index contributed by atoms with van der Waals surface area (Å²) in [4.78, 5) is 17.1. The number of rotatable bonds is 6. The molecule has 3 N–H and O–H groups in total. The van der Waals surface area contributed by atoms with Crippen molar-refractivity contribution in [3.05, 3.63) is 57.9 Å². The van der Waals surface area contributed by atoms with E-state index < -0.39 is 11.8 Å². The average molecular weight is 418 g/mol. The van der Waals surface area contributed by atoms with Crippen LogP contribution in [-0.4, -0.2) is 24.6 Å². The maximum Gasteiger partial charge on any atom is 0.247 e. The number of amides is 1. The number of nitrogens with two attached hydrogens (primary N) is 1. The lowest BCUT2D eigenvalue weighted by Crippen LogP contribution is -2.29. The van der Waals surface area contributed by atoms with Gasteiger partial charge in [-0.3, -0.25) is 4.79 Å². The second kappa shape index (κ2) is 8.31. The number of carbonyl (C=O) groups is 1. The first kappa shape index (κ1) is 20.7. The van der Waals surface area contributed by atoms with Crippen molar-refractivity contribution in [1.29, 1.82) is 5.26 Å². The fourth-order valence-corrected chi connectivity index (χ4v) is 4.29. The number of fused-ring (bicyclic) bond motifs is 1. The van der Waals surface area contributed by atoms with Gasteiger partial charge in [-0.25, -0.2) is 4.98 Å². The number of nitrogens with zero attached hydrogens (tertiary/aromatic N) is 2. The smallest absolute Gasteiger partial charge is 0.247 e. The standard InChI is InChI=1S/C24H26N4O3/c1-13-11-27-24(31-12-15-5-4-6-15)21-20(19(23(26)29)14(2)28-22(13)21)17-8-7-16(10-25)9-18(17)30-3/h7-9,11,15,20,28H,4-6,12H2,1-3H3,(H2,26,29)/t20-/m0/s1. The second-order valence-corrected chi connectivity index (χ2v) is 8.17. The molecule has 2 aromatic rings. The monoisotopic (exact) mass is 418 g/mol. The van der Waals surface area contributed by atoms with Crippen molar-refractivity contribution in [1.82, 2.24) is 4.98 Å². The van der Waals surface area contributed by atoms with Crippen LogP contribution >= 0.6 is 0 Å². The molecule has 1 aliphatic heterocycles. The highest BCUT2D eigenvalue weighted by molar-refractivity contribution is 5.98. The number of benzene rings is 1. The quantitative estimate of drug-likeness (QED) is 0.739. The molecule has 2 heterocycles. The van der Waals surface area contributed by atoms with Gasteiger partial charge >= 0.3 is 0 Å². The molecule has 1 saturated carbocycles. The van der Waals surface area contributed by atoms with E-state index in [-0.39, 0.29) is 0 Å². The minimum atomic E-state index is -0.529. The number of primary amides is 1. The van der Waals surface area contributed by atoms with E-state index in [9.17, 15) is 10.1 Å². The van der Waals surface area contributed by atoms with Crippen LogP contribution in [0.3, 0.4) is 0 Å². The van der Waals surface area contributed by atoms with Crippen molar-refractivity contribution < 1.29 is 14.3 Å². The Morgan fingerprint density at radius 2 is 2.13 bits per heavy atom. The Balaban J connectivity index is 1.91. The van der Waals surface area contributed by atoms with Gasteiger partial charge in [0.1, 0.15) is 5.75 Å². The van der Waals surface area contributed by atoms with E-state index in [1.807, 2.05) is 19.9 Å². The zero-order valence-corrected chi connectivity index (χ0v) is 18.0. The highest BCUT2D eigenvalue weighted by Crippen LogP contribution is 2.49. The fraction of sp³-hybridized carbons (Fsp3) is 0.375. The molecule has 4 rings (SSSR count). The Labute approximate surface area is 181 Å². The Bertz CT molecular complexity index is 1110. The van der Waals surface area contributed by atoms with E-state index in [2.05, 4.69) is 16.4 Å². The average Bonchev–Trinajstić information content (AvgIpc) is 2.72. The first-order valence-electron chi connectivity index (χ1n) is 10.4. The summed E-state index contributed by atoms with van der Waals surface area (Å²) in [7, 11) is 1.55. The molecule has 2 aliphatic rings. The lowest BCUT2D eigenvalue weighted by molar-refractivity contribution is -0.114. The molecule has 160 valence electrons. The van der Waals surface area contributed by atoms with Crippen LogP contribution in [0.25, 0.3) is 0 Å². The molecule has 0 saturated heterocycles. The predicted octanol–water partition coefficient (Wildman–Crippen LogP) is 3.77. The number of anilines is 1. The summed E-state index contributed by atoms with van der Waals surface area (Å²) in [6, 6.07) is 7.32. The van der Waals surface area contributed by atoms with E-state index in [1.165, 1.54) is 6.42 Å². The van der Waals surface area contributed by atoms with Gasteiger partial charge in [-0.1, -0.05) is 12.5 Å². The van der Waals surface area contributed by atoms with Gasteiger partial charge in [0.25, 0.3) is 0 Å². The number of nitrogens with one attached hydrogen (secondary N) is 1. The zero-order valence-electron chi connectivity index (χ0n) is 18.0. The van der Waals surface area contributed by atoms with Crippen LogP contribution in [0.15, 0.2) is 35.7 Å². The molecule has 1 aromatic carbocycles. The maximum atomic E-state index is 12.6. The maximum absolute atomic E-state index is 12.6. The third kappa shape index (κ3) is 3.70. The molecular weight excluding hydrogens is 392 g/mol. The number of aromatic nitrogens is 1. The van der Waals surface area contributed by atoms with E-state index >= 15 is 0 Å². The number of aryl methyl sites for hydroxylation is 1. The van der Waals surface area contributed by atoms with Crippen molar-refractivity contribution in [3.63, 3.8) is 0 Å².